The highest BCUT2D eigenvalue weighted by Crippen LogP contribution is 2.36. The van der Waals surface area contributed by atoms with Crippen molar-refractivity contribution >= 4 is 55.7 Å². The topological polar surface area (TPSA) is 80.8 Å². The number of nitrogens with zero attached hydrogens (tertiary/aromatic N) is 2. The number of hydrogen-bond donors (Lipinski definition) is 1. The van der Waals surface area contributed by atoms with E-state index >= 15 is 4.39 Å². The summed E-state index contributed by atoms with van der Waals surface area (Å²) in [4.78, 5) is 31.3. The molecule has 1 N–H and O–H groups in total. The van der Waals surface area contributed by atoms with Crippen LogP contribution in [0.2, 0.25) is 5.02 Å². The SMILES string of the molecule is COC(=O)[C@H]1CC[C@H](OC(F)(C(=O)Cc2ccc(Nc3nc4ccccc4s3)c(Cl)c2)N2CCCC2)CC1. The molecule has 38 heavy (non-hydrogen) atoms. The molecule has 1 aromatic heterocycles. The molecule has 5 rings (SSSR count). The zero-order valence-electron chi connectivity index (χ0n) is 21.3. The standard InChI is InChI=1S/C28H31ClFN3O4S/c1-36-26(35)19-9-11-20(12-10-19)37-28(30,33-14-4-5-15-33)25(34)17-18-8-13-22(21(29)16-18)31-27-32-23-6-2-3-7-24(23)38-27/h2-3,6-8,13,16,19-20H,4-5,9-12,14-15,17H2,1H3,(H,31,32)/t19-,20-,28?. The van der Waals surface area contributed by atoms with Crippen molar-refractivity contribution in [3.05, 3.63) is 53.1 Å². The average Bonchev–Trinajstić information content (AvgIpc) is 3.60. The Morgan fingerprint density at radius 1 is 1.16 bits per heavy atom. The van der Waals surface area contributed by atoms with Crippen molar-refractivity contribution in [2.45, 2.75) is 57.0 Å². The molecule has 3 aromatic rings. The smallest absolute Gasteiger partial charge is 0.330 e. The Labute approximate surface area is 230 Å². The van der Waals surface area contributed by atoms with Crippen molar-refractivity contribution < 1.29 is 23.5 Å². The summed E-state index contributed by atoms with van der Waals surface area (Å²) in [6.45, 7) is 0.928. The van der Waals surface area contributed by atoms with Gasteiger partial charge in [0.1, 0.15) is 0 Å². The van der Waals surface area contributed by atoms with Gasteiger partial charge < -0.3 is 14.8 Å². The summed E-state index contributed by atoms with van der Waals surface area (Å²) in [6.07, 6.45) is 3.17. The summed E-state index contributed by atoms with van der Waals surface area (Å²) in [7, 11) is 1.37. The van der Waals surface area contributed by atoms with E-state index in [4.69, 9.17) is 21.1 Å². The fourth-order valence-electron chi connectivity index (χ4n) is 5.23. The van der Waals surface area contributed by atoms with E-state index < -0.39 is 17.9 Å². The van der Waals surface area contributed by atoms with Gasteiger partial charge in [0.25, 0.3) is 0 Å². The lowest BCUT2D eigenvalue weighted by molar-refractivity contribution is -0.252. The quantitative estimate of drug-likeness (QED) is 0.244. The lowest BCUT2D eigenvalue weighted by Crippen LogP contribution is -2.54. The first-order valence-electron chi connectivity index (χ1n) is 13.0. The predicted molar refractivity (Wildman–Crippen MR) is 147 cm³/mol. The van der Waals surface area contributed by atoms with Crippen LogP contribution in [0.15, 0.2) is 42.5 Å². The number of alkyl halides is 1. The van der Waals surface area contributed by atoms with E-state index in [0.29, 0.717) is 60.2 Å². The maximum absolute atomic E-state index is 16.5. The minimum atomic E-state index is -2.51. The number of ether oxygens (including phenoxy) is 2. The van der Waals surface area contributed by atoms with Crippen LogP contribution in [0.25, 0.3) is 10.2 Å². The van der Waals surface area contributed by atoms with E-state index in [1.54, 1.807) is 18.2 Å². The number of fused-ring (bicyclic) bond motifs is 1. The maximum atomic E-state index is 16.5. The number of esters is 1. The van der Waals surface area contributed by atoms with Gasteiger partial charge in [0.05, 0.1) is 40.1 Å². The second kappa shape index (κ2) is 11.7. The second-order valence-electron chi connectivity index (χ2n) is 9.90. The third-order valence-corrected chi connectivity index (χ3v) is 8.59. The molecule has 1 unspecified atom stereocenters. The van der Waals surface area contributed by atoms with Crippen molar-refractivity contribution in [1.29, 1.82) is 0 Å². The molecule has 2 heterocycles. The van der Waals surface area contributed by atoms with Crippen molar-refractivity contribution in [1.82, 2.24) is 9.88 Å². The number of hydrogen-bond acceptors (Lipinski definition) is 8. The zero-order chi connectivity index (χ0) is 26.7. The van der Waals surface area contributed by atoms with Gasteiger partial charge in [-0.1, -0.05) is 41.1 Å². The molecule has 2 aliphatic rings. The number of halogens is 2. The minimum Gasteiger partial charge on any atom is -0.469 e. The first-order valence-corrected chi connectivity index (χ1v) is 14.2. The summed E-state index contributed by atoms with van der Waals surface area (Å²) in [5, 5.41) is 4.37. The number of ketones is 1. The molecular formula is C28H31ClFN3O4S. The number of nitrogens with one attached hydrogen (secondary N) is 1. The van der Waals surface area contributed by atoms with E-state index in [0.717, 1.165) is 23.1 Å². The second-order valence-corrected chi connectivity index (χ2v) is 11.3. The first-order chi connectivity index (χ1) is 18.4. The van der Waals surface area contributed by atoms with Crippen LogP contribution in [0.5, 0.6) is 0 Å². The number of rotatable bonds is 9. The molecule has 2 fully saturated rings. The summed E-state index contributed by atoms with van der Waals surface area (Å²) < 4.78 is 28.3. The Morgan fingerprint density at radius 3 is 2.58 bits per heavy atom. The fraction of sp³-hybridized carbons (Fsp3) is 0.464. The fourth-order valence-corrected chi connectivity index (χ4v) is 6.36. The normalized spacial score (nSPS) is 21.8. The van der Waals surface area contributed by atoms with Crippen molar-refractivity contribution in [3.8, 4) is 0 Å². The molecule has 1 atom stereocenters. The monoisotopic (exact) mass is 559 g/mol. The lowest BCUT2D eigenvalue weighted by Gasteiger charge is -2.37. The van der Waals surface area contributed by atoms with E-state index in [1.165, 1.54) is 23.3 Å². The van der Waals surface area contributed by atoms with E-state index in [9.17, 15) is 9.59 Å². The van der Waals surface area contributed by atoms with Gasteiger partial charge in [0.15, 0.2) is 5.13 Å². The van der Waals surface area contributed by atoms with E-state index in [1.807, 2.05) is 24.3 Å². The van der Waals surface area contributed by atoms with Gasteiger partial charge in [-0.05, 0) is 68.4 Å². The molecular weight excluding hydrogens is 529 g/mol. The average molecular weight is 560 g/mol. The number of methoxy groups -OCH3 is 1. The molecule has 1 saturated heterocycles. The number of likely N-dealkylation sites (tertiary alicyclic amines) is 1. The minimum absolute atomic E-state index is 0.147. The number of thiazole rings is 1. The highest BCUT2D eigenvalue weighted by atomic mass is 35.5. The van der Waals surface area contributed by atoms with Crippen LogP contribution >= 0.6 is 22.9 Å². The summed E-state index contributed by atoms with van der Waals surface area (Å²) in [5.74, 6) is -3.60. The molecule has 0 bridgehead atoms. The number of carbonyl (C=O) groups is 2. The number of carbonyl (C=O) groups excluding carboxylic acids is 2. The summed E-state index contributed by atoms with van der Waals surface area (Å²) in [5.41, 5.74) is 2.17. The van der Waals surface area contributed by atoms with Crippen LogP contribution < -0.4 is 5.32 Å². The van der Waals surface area contributed by atoms with Crippen LogP contribution in [0.4, 0.5) is 15.2 Å². The molecule has 1 aliphatic carbocycles. The van der Waals surface area contributed by atoms with Crippen LogP contribution in [-0.4, -0.2) is 53.9 Å². The summed E-state index contributed by atoms with van der Waals surface area (Å²) in [6, 6.07) is 13.1. The number of para-hydroxylation sites is 1. The first kappa shape index (κ1) is 27.0. The van der Waals surface area contributed by atoms with Gasteiger partial charge >= 0.3 is 11.9 Å². The van der Waals surface area contributed by atoms with Crippen LogP contribution in [0.3, 0.4) is 0 Å². The molecule has 1 saturated carbocycles. The Bertz CT molecular complexity index is 1270. The maximum Gasteiger partial charge on any atom is 0.330 e. The van der Waals surface area contributed by atoms with Crippen molar-refractivity contribution in [2.24, 2.45) is 5.92 Å². The van der Waals surface area contributed by atoms with Gasteiger partial charge in [-0.3, -0.25) is 9.59 Å². The number of benzene rings is 2. The predicted octanol–water partition coefficient (Wildman–Crippen LogP) is 6.27. The Hall–Kier alpha value is -2.59. The molecule has 10 heteroatoms. The highest BCUT2D eigenvalue weighted by molar-refractivity contribution is 7.22. The van der Waals surface area contributed by atoms with Crippen molar-refractivity contribution in [3.63, 3.8) is 0 Å². The molecule has 0 radical (unpaired) electrons. The third-order valence-electron chi connectivity index (χ3n) is 7.32. The molecule has 0 amide bonds. The van der Waals surface area contributed by atoms with Crippen LogP contribution in [0.1, 0.15) is 44.1 Å². The molecule has 0 spiro atoms. The van der Waals surface area contributed by atoms with Gasteiger partial charge in [0, 0.05) is 19.5 Å². The molecule has 2 aromatic carbocycles. The Morgan fingerprint density at radius 2 is 1.89 bits per heavy atom. The van der Waals surface area contributed by atoms with Crippen LogP contribution in [-0.2, 0) is 25.5 Å². The van der Waals surface area contributed by atoms with Gasteiger partial charge in [-0.15, -0.1) is 0 Å². The van der Waals surface area contributed by atoms with Gasteiger partial charge in [-0.25, -0.2) is 9.88 Å². The highest BCUT2D eigenvalue weighted by Gasteiger charge is 2.48. The molecule has 7 nitrogen and oxygen atoms in total. The van der Waals surface area contributed by atoms with Crippen molar-refractivity contribution in [2.75, 3.05) is 25.5 Å². The summed E-state index contributed by atoms with van der Waals surface area (Å²) >= 11 is 8.06. The molecule has 202 valence electrons. The Kier molecular flexibility index (Phi) is 8.28. The number of Topliss-reactive ketones (excluding diaryl/α,β-unsaturated/α-hetero) is 1. The third kappa shape index (κ3) is 5.86. The van der Waals surface area contributed by atoms with Gasteiger partial charge in [-0.2, -0.15) is 4.39 Å². The van der Waals surface area contributed by atoms with E-state index in [-0.39, 0.29) is 18.3 Å². The zero-order valence-corrected chi connectivity index (χ0v) is 22.8. The van der Waals surface area contributed by atoms with Crippen LogP contribution in [0, 0.1) is 5.92 Å². The number of anilines is 2. The lowest BCUT2D eigenvalue weighted by atomic mass is 9.87. The van der Waals surface area contributed by atoms with E-state index in [2.05, 4.69) is 10.3 Å². The molecule has 1 aliphatic heterocycles. The Balaban J connectivity index is 1.27. The number of aromatic nitrogens is 1. The largest absolute Gasteiger partial charge is 0.469 e. The van der Waals surface area contributed by atoms with Gasteiger partial charge in [0.2, 0.25) is 5.78 Å².